The summed E-state index contributed by atoms with van der Waals surface area (Å²) in [5.74, 6) is 1.54. The average Bonchev–Trinajstić information content (AvgIpc) is 2.78. The predicted molar refractivity (Wildman–Crippen MR) is 72.0 cm³/mol. The van der Waals surface area contributed by atoms with E-state index in [0.29, 0.717) is 11.9 Å². The highest BCUT2D eigenvalue weighted by atomic mass is 32.1. The largest absolute Gasteiger partial charge is 0.368 e. The zero-order valence-corrected chi connectivity index (χ0v) is 10.7. The zero-order valence-electron chi connectivity index (χ0n) is 9.92. The summed E-state index contributed by atoms with van der Waals surface area (Å²) in [5.41, 5.74) is 5.57. The Balaban J connectivity index is 2.19. The molecule has 2 aromatic heterocycles. The van der Waals surface area contributed by atoms with Crippen LogP contribution in [0, 0.1) is 5.92 Å². The minimum Gasteiger partial charge on any atom is -0.368 e. The fourth-order valence-electron chi connectivity index (χ4n) is 1.65. The van der Waals surface area contributed by atoms with Crippen LogP contribution in [0.1, 0.15) is 24.8 Å². The van der Waals surface area contributed by atoms with Crippen molar-refractivity contribution in [2.75, 3.05) is 11.1 Å². The summed E-state index contributed by atoms with van der Waals surface area (Å²) in [6.07, 6.45) is 1.66. The van der Waals surface area contributed by atoms with Gasteiger partial charge in [0.1, 0.15) is 5.82 Å². The molecule has 0 saturated carbocycles. The van der Waals surface area contributed by atoms with Gasteiger partial charge in [-0.05, 0) is 23.4 Å². The van der Waals surface area contributed by atoms with Crippen molar-refractivity contribution in [2.24, 2.45) is 5.92 Å². The summed E-state index contributed by atoms with van der Waals surface area (Å²) in [4.78, 5) is 9.35. The summed E-state index contributed by atoms with van der Waals surface area (Å²) >= 11 is 1.75. The van der Waals surface area contributed by atoms with Gasteiger partial charge in [-0.25, -0.2) is 4.98 Å². The van der Waals surface area contributed by atoms with Crippen LogP contribution in [-0.4, -0.2) is 9.97 Å². The van der Waals surface area contributed by atoms with Gasteiger partial charge in [-0.15, -0.1) is 11.3 Å². The maximum absolute atomic E-state index is 5.57. The molecule has 0 saturated heterocycles. The SMILES string of the molecule is CC(C)C(Nc1ccnc(N)n1)c1cccs1. The van der Waals surface area contributed by atoms with E-state index in [1.165, 1.54) is 4.88 Å². The number of nitrogens with two attached hydrogens (primary N) is 1. The molecular weight excluding hydrogens is 232 g/mol. The number of aromatic nitrogens is 2. The molecule has 90 valence electrons. The highest BCUT2D eigenvalue weighted by molar-refractivity contribution is 7.10. The number of anilines is 2. The van der Waals surface area contributed by atoms with Gasteiger partial charge in [0, 0.05) is 11.1 Å². The lowest BCUT2D eigenvalue weighted by molar-refractivity contribution is 0.552. The first-order valence-electron chi connectivity index (χ1n) is 5.55. The maximum Gasteiger partial charge on any atom is 0.221 e. The van der Waals surface area contributed by atoms with Crippen LogP contribution in [0.5, 0.6) is 0 Å². The summed E-state index contributed by atoms with van der Waals surface area (Å²) in [6, 6.07) is 6.28. The molecule has 2 rings (SSSR count). The van der Waals surface area contributed by atoms with Crippen molar-refractivity contribution < 1.29 is 0 Å². The van der Waals surface area contributed by atoms with Crippen molar-refractivity contribution in [3.05, 3.63) is 34.7 Å². The van der Waals surface area contributed by atoms with E-state index in [9.17, 15) is 0 Å². The second kappa shape index (κ2) is 5.14. The van der Waals surface area contributed by atoms with E-state index < -0.39 is 0 Å². The van der Waals surface area contributed by atoms with Crippen LogP contribution in [0.25, 0.3) is 0 Å². The molecule has 2 heterocycles. The minimum absolute atomic E-state index is 0.254. The fraction of sp³-hybridized carbons (Fsp3) is 0.333. The van der Waals surface area contributed by atoms with Crippen molar-refractivity contribution in [2.45, 2.75) is 19.9 Å². The molecular formula is C12H16N4S. The number of nitrogens with one attached hydrogen (secondary N) is 1. The molecule has 17 heavy (non-hydrogen) atoms. The molecule has 0 aliphatic carbocycles. The number of nitrogens with zero attached hydrogens (tertiary/aromatic N) is 2. The normalized spacial score (nSPS) is 12.6. The molecule has 5 heteroatoms. The maximum atomic E-state index is 5.57. The molecule has 0 spiro atoms. The Labute approximate surface area is 105 Å². The molecule has 2 aromatic rings. The molecule has 3 N–H and O–H groups in total. The van der Waals surface area contributed by atoms with Gasteiger partial charge in [0.15, 0.2) is 0 Å². The smallest absolute Gasteiger partial charge is 0.221 e. The van der Waals surface area contributed by atoms with Crippen molar-refractivity contribution >= 4 is 23.1 Å². The lowest BCUT2D eigenvalue weighted by Crippen LogP contribution is -2.16. The number of nitrogen functional groups attached to an aromatic ring is 1. The van der Waals surface area contributed by atoms with Crippen LogP contribution in [-0.2, 0) is 0 Å². The van der Waals surface area contributed by atoms with Crippen molar-refractivity contribution in [3.63, 3.8) is 0 Å². The number of thiophene rings is 1. The highest BCUT2D eigenvalue weighted by Crippen LogP contribution is 2.28. The summed E-state index contributed by atoms with van der Waals surface area (Å²) in [7, 11) is 0. The third-order valence-corrected chi connectivity index (χ3v) is 3.45. The summed E-state index contributed by atoms with van der Waals surface area (Å²) < 4.78 is 0. The third-order valence-electron chi connectivity index (χ3n) is 2.49. The second-order valence-corrected chi connectivity index (χ2v) is 5.16. The topological polar surface area (TPSA) is 63.8 Å². The number of rotatable bonds is 4. The van der Waals surface area contributed by atoms with Gasteiger partial charge in [0.2, 0.25) is 5.95 Å². The van der Waals surface area contributed by atoms with Gasteiger partial charge >= 0.3 is 0 Å². The first kappa shape index (κ1) is 11.9. The Hall–Kier alpha value is -1.62. The van der Waals surface area contributed by atoms with Gasteiger partial charge in [0.25, 0.3) is 0 Å². The van der Waals surface area contributed by atoms with Crippen LogP contribution in [0.2, 0.25) is 0 Å². The zero-order chi connectivity index (χ0) is 12.3. The van der Waals surface area contributed by atoms with Crippen LogP contribution in [0.3, 0.4) is 0 Å². The van der Waals surface area contributed by atoms with Gasteiger partial charge in [-0.2, -0.15) is 4.98 Å². The molecule has 1 unspecified atom stereocenters. The standard InChI is InChI=1S/C12H16N4S/c1-8(2)11(9-4-3-7-17-9)15-10-5-6-14-12(13)16-10/h3-8,11H,1-2H3,(H3,13,14,15,16). The molecule has 4 nitrogen and oxygen atoms in total. The summed E-state index contributed by atoms with van der Waals surface area (Å²) in [5, 5.41) is 5.49. The average molecular weight is 248 g/mol. The van der Waals surface area contributed by atoms with Crippen LogP contribution >= 0.6 is 11.3 Å². The number of hydrogen-bond acceptors (Lipinski definition) is 5. The van der Waals surface area contributed by atoms with E-state index in [4.69, 9.17) is 5.73 Å². The summed E-state index contributed by atoms with van der Waals surface area (Å²) in [6.45, 7) is 4.36. The van der Waals surface area contributed by atoms with Crippen molar-refractivity contribution in [3.8, 4) is 0 Å². The lowest BCUT2D eigenvalue weighted by Gasteiger charge is -2.21. The van der Waals surface area contributed by atoms with Crippen LogP contribution < -0.4 is 11.1 Å². The molecule has 0 aromatic carbocycles. The molecule has 0 radical (unpaired) electrons. The fourth-order valence-corrected chi connectivity index (χ4v) is 2.60. The first-order chi connectivity index (χ1) is 8.16. The van der Waals surface area contributed by atoms with E-state index in [2.05, 4.69) is 46.6 Å². The van der Waals surface area contributed by atoms with E-state index in [0.717, 1.165) is 5.82 Å². The van der Waals surface area contributed by atoms with E-state index in [-0.39, 0.29) is 6.04 Å². The van der Waals surface area contributed by atoms with E-state index in [1.54, 1.807) is 17.5 Å². The Morgan fingerprint density at radius 3 is 2.76 bits per heavy atom. The lowest BCUT2D eigenvalue weighted by atomic mass is 10.0. The third kappa shape index (κ3) is 2.94. The first-order valence-corrected chi connectivity index (χ1v) is 6.43. The molecule has 0 amide bonds. The van der Waals surface area contributed by atoms with Crippen LogP contribution in [0.15, 0.2) is 29.8 Å². The molecule has 0 aliphatic heterocycles. The van der Waals surface area contributed by atoms with Gasteiger partial charge in [-0.3, -0.25) is 0 Å². The second-order valence-electron chi connectivity index (χ2n) is 4.18. The minimum atomic E-state index is 0.254. The van der Waals surface area contributed by atoms with Crippen molar-refractivity contribution in [1.29, 1.82) is 0 Å². The van der Waals surface area contributed by atoms with Crippen molar-refractivity contribution in [1.82, 2.24) is 9.97 Å². The highest BCUT2D eigenvalue weighted by Gasteiger charge is 2.17. The quantitative estimate of drug-likeness (QED) is 0.873. The predicted octanol–water partition coefficient (Wildman–Crippen LogP) is 2.93. The van der Waals surface area contributed by atoms with E-state index >= 15 is 0 Å². The molecule has 0 fully saturated rings. The molecule has 0 bridgehead atoms. The van der Waals surface area contributed by atoms with Gasteiger partial charge in [0.05, 0.1) is 6.04 Å². The Kier molecular flexibility index (Phi) is 3.58. The molecule has 0 aliphatic rings. The molecule has 1 atom stereocenters. The van der Waals surface area contributed by atoms with Gasteiger partial charge < -0.3 is 11.1 Å². The Bertz CT molecular complexity index is 467. The number of hydrogen-bond donors (Lipinski definition) is 2. The Morgan fingerprint density at radius 2 is 2.18 bits per heavy atom. The van der Waals surface area contributed by atoms with E-state index in [1.807, 2.05) is 6.07 Å². The van der Waals surface area contributed by atoms with Crippen LogP contribution in [0.4, 0.5) is 11.8 Å². The monoisotopic (exact) mass is 248 g/mol. The Morgan fingerprint density at radius 1 is 1.35 bits per heavy atom. The van der Waals surface area contributed by atoms with Gasteiger partial charge in [-0.1, -0.05) is 19.9 Å².